The number of carbonyl (C=O) groups is 2. The fraction of sp³-hybridized carbons (Fsp3) is 0.867. The van der Waals surface area contributed by atoms with Crippen molar-refractivity contribution in [2.45, 2.75) is 51.9 Å². The molecule has 0 aliphatic heterocycles. The molecule has 4 heteroatoms. The van der Waals surface area contributed by atoms with Crippen LogP contribution in [0.4, 0.5) is 0 Å². The van der Waals surface area contributed by atoms with Crippen LogP contribution >= 0.6 is 0 Å². The number of carboxylic acids is 1. The predicted molar refractivity (Wildman–Crippen MR) is 70.2 cm³/mol. The van der Waals surface area contributed by atoms with Crippen LogP contribution in [0, 0.1) is 28.6 Å². The molecular weight excluding hydrogens is 242 g/mol. The van der Waals surface area contributed by atoms with Crippen LogP contribution in [0.15, 0.2) is 0 Å². The smallest absolute Gasteiger partial charge is 0.319 e. The minimum Gasteiger partial charge on any atom is -0.480 e. The molecule has 4 rings (SSSR count). The average Bonchev–Trinajstić information content (AvgIpc) is 2.26. The van der Waals surface area contributed by atoms with Crippen LogP contribution in [0.3, 0.4) is 0 Å². The molecule has 0 aromatic carbocycles. The second-order valence-corrected chi connectivity index (χ2v) is 7.13. The molecule has 3 N–H and O–H groups in total. The lowest BCUT2D eigenvalue weighted by molar-refractivity contribution is -0.184. The molecule has 106 valence electrons. The minimum absolute atomic E-state index is 0.323. The Balaban J connectivity index is 2.07. The van der Waals surface area contributed by atoms with E-state index in [4.69, 9.17) is 5.73 Å². The Kier molecular flexibility index (Phi) is 2.70. The fourth-order valence-corrected chi connectivity index (χ4v) is 5.93. The molecular formula is C15H23NO3. The second kappa shape index (κ2) is 3.97. The Morgan fingerprint density at radius 2 is 1.58 bits per heavy atom. The summed E-state index contributed by atoms with van der Waals surface area (Å²) in [5.74, 6) is 0.247. The summed E-state index contributed by atoms with van der Waals surface area (Å²) in [5.41, 5.74) is 3.87. The van der Waals surface area contributed by atoms with Crippen molar-refractivity contribution in [3.8, 4) is 0 Å². The van der Waals surface area contributed by atoms with Crippen LogP contribution < -0.4 is 5.73 Å². The van der Waals surface area contributed by atoms with Crippen molar-refractivity contribution in [3.63, 3.8) is 0 Å². The van der Waals surface area contributed by atoms with Gasteiger partial charge < -0.3 is 10.8 Å². The SMILES string of the molecule is CCC(C(N)=O)(C(=O)O)C12CC3CC(CC(C3)C1)C2. The van der Waals surface area contributed by atoms with E-state index in [-0.39, 0.29) is 5.41 Å². The lowest BCUT2D eigenvalue weighted by Crippen LogP contribution is -2.62. The highest BCUT2D eigenvalue weighted by molar-refractivity contribution is 6.02. The lowest BCUT2D eigenvalue weighted by Gasteiger charge is -2.61. The summed E-state index contributed by atoms with van der Waals surface area (Å²) >= 11 is 0. The monoisotopic (exact) mass is 265 g/mol. The second-order valence-electron chi connectivity index (χ2n) is 7.13. The average molecular weight is 265 g/mol. The summed E-state index contributed by atoms with van der Waals surface area (Å²) in [6.07, 6.45) is 6.70. The molecule has 1 amide bonds. The van der Waals surface area contributed by atoms with E-state index in [2.05, 4.69) is 0 Å². The molecule has 4 bridgehead atoms. The third-order valence-corrected chi connectivity index (χ3v) is 6.26. The molecule has 0 radical (unpaired) electrons. The summed E-state index contributed by atoms with van der Waals surface area (Å²) < 4.78 is 0. The highest BCUT2D eigenvalue weighted by Crippen LogP contribution is 2.66. The molecule has 0 aromatic rings. The standard InChI is InChI=1S/C15H23NO3/c1-2-15(12(16)17,13(18)19)14-6-9-3-10(7-14)5-11(4-9)8-14/h9-11H,2-8H2,1H3,(H2,16,17)(H,18,19). The van der Waals surface area contributed by atoms with Gasteiger partial charge in [-0.25, -0.2) is 0 Å². The predicted octanol–water partition coefficient (Wildman–Crippen LogP) is 2.17. The molecule has 0 aromatic heterocycles. The van der Waals surface area contributed by atoms with Crippen molar-refractivity contribution in [3.05, 3.63) is 0 Å². The lowest BCUT2D eigenvalue weighted by atomic mass is 9.42. The van der Waals surface area contributed by atoms with Gasteiger partial charge in [0.05, 0.1) is 0 Å². The number of aliphatic carboxylic acids is 1. The van der Waals surface area contributed by atoms with E-state index >= 15 is 0 Å². The molecule has 4 aliphatic rings. The highest BCUT2D eigenvalue weighted by Gasteiger charge is 2.65. The number of carbonyl (C=O) groups excluding carboxylic acids is 1. The third kappa shape index (κ3) is 1.52. The van der Waals surface area contributed by atoms with E-state index in [0.717, 1.165) is 19.3 Å². The van der Waals surface area contributed by atoms with Crippen LogP contribution in [0.2, 0.25) is 0 Å². The van der Waals surface area contributed by atoms with E-state index in [0.29, 0.717) is 24.2 Å². The van der Waals surface area contributed by atoms with Gasteiger partial charge in [-0.15, -0.1) is 0 Å². The van der Waals surface area contributed by atoms with Crippen LogP contribution in [0.5, 0.6) is 0 Å². The largest absolute Gasteiger partial charge is 0.480 e. The number of rotatable bonds is 4. The van der Waals surface area contributed by atoms with E-state index in [9.17, 15) is 14.7 Å². The first kappa shape index (κ1) is 12.9. The molecule has 0 spiro atoms. The molecule has 1 atom stereocenters. The minimum atomic E-state index is -1.34. The zero-order chi connectivity index (χ0) is 13.8. The zero-order valence-electron chi connectivity index (χ0n) is 11.5. The van der Waals surface area contributed by atoms with Crippen LogP contribution in [0.25, 0.3) is 0 Å². The molecule has 0 heterocycles. The van der Waals surface area contributed by atoms with E-state index < -0.39 is 17.3 Å². The molecule has 4 aliphatic carbocycles. The Morgan fingerprint density at radius 3 is 1.84 bits per heavy atom. The van der Waals surface area contributed by atoms with Crippen molar-refractivity contribution < 1.29 is 14.7 Å². The molecule has 4 nitrogen and oxygen atoms in total. The summed E-state index contributed by atoms with van der Waals surface area (Å²) in [6, 6.07) is 0. The Hall–Kier alpha value is -1.06. The van der Waals surface area contributed by atoms with Gasteiger partial charge in [0.25, 0.3) is 0 Å². The van der Waals surface area contributed by atoms with Crippen molar-refractivity contribution >= 4 is 11.9 Å². The number of hydrogen-bond acceptors (Lipinski definition) is 2. The van der Waals surface area contributed by atoms with Gasteiger partial charge in [0.2, 0.25) is 5.91 Å². The Morgan fingerprint density at radius 1 is 1.16 bits per heavy atom. The van der Waals surface area contributed by atoms with Crippen molar-refractivity contribution in [1.82, 2.24) is 0 Å². The van der Waals surface area contributed by atoms with Gasteiger partial charge in [0.1, 0.15) is 0 Å². The van der Waals surface area contributed by atoms with Gasteiger partial charge >= 0.3 is 5.97 Å². The summed E-state index contributed by atoms with van der Waals surface area (Å²) in [4.78, 5) is 24.0. The number of primary amides is 1. The first-order chi connectivity index (χ1) is 8.93. The van der Waals surface area contributed by atoms with Gasteiger partial charge in [0, 0.05) is 0 Å². The molecule has 4 fully saturated rings. The molecule has 1 unspecified atom stereocenters. The number of amides is 1. The fourth-order valence-electron chi connectivity index (χ4n) is 5.93. The van der Waals surface area contributed by atoms with Gasteiger partial charge in [-0.2, -0.15) is 0 Å². The normalized spacial score (nSPS) is 42.9. The summed E-state index contributed by atoms with van der Waals surface area (Å²) in [7, 11) is 0. The number of nitrogens with two attached hydrogens (primary N) is 1. The molecule has 4 saturated carbocycles. The van der Waals surface area contributed by atoms with Gasteiger partial charge in [-0.3, -0.25) is 9.59 Å². The van der Waals surface area contributed by atoms with Gasteiger partial charge in [0.15, 0.2) is 5.41 Å². The van der Waals surface area contributed by atoms with Crippen LogP contribution in [0.1, 0.15) is 51.9 Å². The topological polar surface area (TPSA) is 80.4 Å². The van der Waals surface area contributed by atoms with E-state index in [1.165, 1.54) is 19.3 Å². The first-order valence-corrected chi connectivity index (χ1v) is 7.47. The van der Waals surface area contributed by atoms with Crippen LogP contribution in [-0.4, -0.2) is 17.0 Å². The Bertz CT molecular complexity index is 380. The molecule has 0 saturated heterocycles. The first-order valence-electron chi connectivity index (χ1n) is 7.47. The maximum atomic E-state index is 12.1. The maximum absolute atomic E-state index is 12.1. The maximum Gasteiger partial charge on any atom is 0.319 e. The highest BCUT2D eigenvalue weighted by atomic mass is 16.4. The summed E-state index contributed by atoms with van der Waals surface area (Å²) in [5, 5.41) is 9.75. The number of carboxylic acid groups (broad SMARTS) is 1. The van der Waals surface area contributed by atoms with E-state index in [1.54, 1.807) is 6.92 Å². The quantitative estimate of drug-likeness (QED) is 0.764. The van der Waals surface area contributed by atoms with E-state index in [1.807, 2.05) is 0 Å². The third-order valence-electron chi connectivity index (χ3n) is 6.26. The summed E-state index contributed by atoms with van der Waals surface area (Å²) in [6.45, 7) is 1.80. The molecule has 19 heavy (non-hydrogen) atoms. The number of hydrogen-bond donors (Lipinski definition) is 2. The van der Waals surface area contributed by atoms with Gasteiger partial charge in [-0.1, -0.05) is 6.92 Å². The van der Waals surface area contributed by atoms with Gasteiger partial charge in [-0.05, 0) is 68.1 Å². The van der Waals surface area contributed by atoms with Crippen molar-refractivity contribution in [2.24, 2.45) is 34.3 Å². The van der Waals surface area contributed by atoms with Crippen molar-refractivity contribution in [2.75, 3.05) is 0 Å². The zero-order valence-corrected chi connectivity index (χ0v) is 11.5. The van der Waals surface area contributed by atoms with Crippen LogP contribution in [-0.2, 0) is 9.59 Å². The Labute approximate surface area is 113 Å². The van der Waals surface area contributed by atoms with Crippen molar-refractivity contribution in [1.29, 1.82) is 0 Å².